The molecule has 0 aliphatic rings. The zero-order chi connectivity index (χ0) is 19.3. The standard InChI is InChI=1S/C19H22N2O5/c1-5-25-18(23)13-7-9-14(10-8-13)21-17(22)16-11(3)15(12(4)20-16)19(24)26-6-2/h7-10,20H,5-6H2,1-4H3,(H,21,22). The van der Waals surface area contributed by atoms with Gasteiger partial charge in [-0.1, -0.05) is 0 Å². The third-order valence-electron chi connectivity index (χ3n) is 3.80. The molecule has 7 heteroatoms. The Kier molecular flexibility index (Phi) is 6.16. The van der Waals surface area contributed by atoms with E-state index in [1.807, 2.05) is 0 Å². The quantitative estimate of drug-likeness (QED) is 0.773. The largest absolute Gasteiger partial charge is 0.462 e. The van der Waals surface area contributed by atoms with Gasteiger partial charge in [-0.15, -0.1) is 0 Å². The maximum absolute atomic E-state index is 12.5. The summed E-state index contributed by atoms with van der Waals surface area (Å²) in [6.45, 7) is 7.42. The van der Waals surface area contributed by atoms with Crippen LogP contribution in [-0.4, -0.2) is 36.0 Å². The van der Waals surface area contributed by atoms with Crippen LogP contribution in [0.3, 0.4) is 0 Å². The van der Waals surface area contributed by atoms with E-state index in [4.69, 9.17) is 9.47 Å². The first-order valence-electron chi connectivity index (χ1n) is 8.33. The van der Waals surface area contributed by atoms with Gasteiger partial charge in [0.05, 0.1) is 24.3 Å². The lowest BCUT2D eigenvalue weighted by molar-refractivity contribution is 0.0516. The van der Waals surface area contributed by atoms with Crippen molar-refractivity contribution in [2.24, 2.45) is 0 Å². The molecule has 2 aromatic rings. The van der Waals surface area contributed by atoms with E-state index in [0.717, 1.165) is 0 Å². The molecule has 1 heterocycles. The van der Waals surface area contributed by atoms with Crippen LogP contribution in [0.2, 0.25) is 0 Å². The number of carbonyl (C=O) groups excluding carboxylic acids is 3. The highest BCUT2D eigenvalue weighted by molar-refractivity contribution is 6.07. The third kappa shape index (κ3) is 4.11. The molecule has 0 saturated carbocycles. The van der Waals surface area contributed by atoms with Crippen molar-refractivity contribution in [2.75, 3.05) is 18.5 Å². The number of carbonyl (C=O) groups is 3. The molecule has 7 nitrogen and oxygen atoms in total. The van der Waals surface area contributed by atoms with Crippen molar-refractivity contribution in [3.8, 4) is 0 Å². The summed E-state index contributed by atoms with van der Waals surface area (Å²) >= 11 is 0. The van der Waals surface area contributed by atoms with Gasteiger partial charge >= 0.3 is 11.9 Å². The van der Waals surface area contributed by atoms with Crippen LogP contribution in [0.25, 0.3) is 0 Å². The van der Waals surface area contributed by atoms with E-state index >= 15 is 0 Å². The van der Waals surface area contributed by atoms with Gasteiger partial charge < -0.3 is 19.8 Å². The van der Waals surface area contributed by atoms with Crippen molar-refractivity contribution < 1.29 is 23.9 Å². The summed E-state index contributed by atoms with van der Waals surface area (Å²) in [4.78, 5) is 39.1. The molecular formula is C19H22N2O5. The number of hydrogen-bond donors (Lipinski definition) is 2. The van der Waals surface area contributed by atoms with Crippen LogP contribution in [0.4, 0.5) is 5.69 Å². The lowest BCUT2D eigenvalue weighted by atomic mass is 10.1. The summed E-state index contributed by atoms with van der Waals surface area (Å²) in [6.07, 6.45) is 0. The Morgan fingerprint density at radius 3 is 2.12 bits per heavy atom. The Balaban J connectivity index is 2.16. The SMILES string of the molecule is CCOC(=O)c1ccc(NC(=O)c2[nH]c(C)c(C(=O)OCC)c2C)cc1. The van der Waals surface area contributed by atoms with Crippen LogP contribution in [0.1, 0.15) is 56.3 Å². The first-order valence-corrected chi connectivity index (χ1v) is 8.33. The van der Waals surface area contributed by atoms with Crippen LogP contribution < -0.4 is 5.32 Å². The lowest BCUT2D eigenvalue weighted by Crippen LogP contribution is -2.14. The predicted octanol–water partition coefficient (Wildman–Crippen LogP) is 3.24. The van der Waals surface area contributed by atoms with Crippen LogP contribution in [-0.2, 0) is 9.47 Å². The summed E-state index contributed by atoms with van der Waals surface area (Å²) in [5.41, 5.74) is 2.69. The molecular weight excluding hydrogens is 336 g/mol. The number of anilines is 1. The predicted molar refractivity (Wildman–Crippen MR) is 96.6 cm³/mol. The van der Waals surface area contributed by atoms with E-state index in [2.05, 4.69) is 10.3 Å². The summed E-state index contributed by atoms with van der Waals surface area (Å²) in [7, 11) is 0. The van der Waals surface area contributed by atoms with Crippen molar-refractivity contribution in [1.29, 1.82) is 0 Å². The smallest absolute Gasteiger partial charge is 0.340 e. The summed E-state index contributed by atoms with van der Waals surface area (Å²) in [6, 6.07) is 6.37. The van der Waals surface area contributed by atoms with Gasteiger partial charge in [-0.2, -0.15) is 0 Å². The van der Waals surface area contributed by atoms with E-state index in [1.165, 1.54) is 0 Å². The summed E-state index contributed by atoms with van der Waals surface area (Å²) in [5.74, 6) is -1.26. The molecule has 1 aromatic heterocycles. The van der Waals surface area contributed by atoms with E-state index in [0.29, 0.717) is 40.4 Å². The number of aromatic nitrogens is 1. The number of ether oxygens (including phenoxy) is 2. The van der Waals surface area contributed by atoms with Gasteiger partial charge in [-0.25, -0.2) is 9.59 Å². The Morgan fingerprint density at radius 1 is 0.962 bits per heavy atom. The Morgan fingerprint density at radius 2 is 1.54 bits per heavy atom. The Labute approximate surface area is 151 Å². The van der Waals surface area contributed by atoms with Crippen molar-refractivity contribution in [2.45, 2.75) is 27.7 Å². The number of hydrogen-bond acceptors (Lipinski definition) is 5. The molecule has 0 atom stereocenters. The second-order valence-corrected chi connectivity index (χ2v) is 5.60. The fourth-order valence-corrected chi connectivity index (χ4v) is 2.58. The molecule has 0 bridgehead atoms. The normalized spacial score (nSPS) is 10.3. The maximum Gasteiger partial charge on any atom is 0.340 e. The van der Waals surface area contributed by atoms with Crippen LogP contribution in [0.5, 0.6) is 0 Å². The maximum atomic E-state index is 12.5. The molecule has 2 N–H and O–H groups in total. The molecule has 2 rings (SSSR count). The van der Waals surface area contributed by atoms with Crippen LogP contribution in [0.15, 0.2) is 24.3 Å². The lowest BCUT2D eigenvalue weighted by Gasteiger charge is -2.07. The van der Waals surface area contributed by atoms with Gasteiger partial charge in [0, 0.05) is 11.4 Å². The molecule has 1 aromatic carbocycles. The zero-order valence-electron chi connectivity index (χ0n) is 15.3. The molecule has 0 unspecified atom stereocenters. The van der Waals surface area contributed by atoms with Gasteiger partial charge in [0.2, 0.25) is 0 Å². The van der Waals surface area contributed by atoms with Gasteiger partial charge in [-0.05, 0) is 57.5 Å². The zero-order valence-corrected chi connectivity index (χ0v) is 15.3. The topological polar surface area (TPSA) is 97.5 Å². The van der Waals surface area contributed by atoms with E-state index in [9.17, 15) is 14.4 Å². The number of benzene rings is 1. The second-order valence-electron chi connectivity index (χ2n) is 5.60. The van der Waals surface area contributed by atoms with Gasteiger partial charge in [0.25, 0.3) is 5.91 Å². The Hall–Kier alpha value is -3.09. The van der Waals surface area contributed by atoms with Gasteiger partial charge in [0.15, 0.2) is 0 Å². The molecule has 0 spiro atoms. The molecule has 1 amide bonds. The number of H-pyrrole nitrogens is 1. The van der Waals surface area contributed by atoms with E-state index in [1.54, 1.807) is 52.0 Å². The molecule has 138 valence electrons. The number of aryl methyl sites for hydroxylation is 1. The number of nitrogens with one attached hydrogen (secondary N) is 2. The first kappa shape index (κ1) is 19.2. The fraction of sp³-hybridized carbons (Fsp3) is 0.316. The van der Waals surface area contributed by atoms with Gasteiger partial charge in [-0.3, -0.25) is 4.79 Å². The molecule has 26 heavy (non-hydrogen) atoms. The highest BCUT2D eigenvalue weighted by atomic mass is 16.5. The highest BCUT2D eigenvalue weighted by Gasteiger charge is 2.22. The average Bonchev–Trinajstić information content (AvgIpc) is 2.90. The number of rotatable bonds is 6. The Bertz CT molecular complexity index is 821. The molecule has 0 aliphatic carbocycles. The minimum atomic E-state index is -0.461. The minimum absolute atomic E-state index is 0.261. The highest BCUT2D eigenvalue weighted by Crippen LogP contribution is 2.20. The van der Waals surface area contributed by atoms with Crippen molar-refractivity contribution in [3.05, 3.63) is 52.3 Å². The summed E-state index contributed by atoms with van der Waals surface area (Å²) in [5, 5.41) is 2.73. The summed E-state index contributed by atoms with van der Waals surface area (Å²) < 4.78 is 9.94. The third-order valence-corrected chi connectivity index (χ3v) is 3.80. The van der Waals surface area contributed by atoms with E-state index < -0.39 is 11.9 Å². The van der Waals surface area contributed by atoms with Crippen molar-refractivity contribution in [1.82, 2.24) is 4.98 Å². The van der Waals surface area contributed by atoms with Crippen LogP contribution >= 0.6 is 0 Å². The average molecular weight is 358 g/mol. The fourth-order valence-electron chi connectivity index (χ4n) is 2.58. The molecule has 0 fully saturated rings. The monoisotopic (exact) mass is 358 g/mol. The second kappa shape index (κ2) is 8.33. The first-order chi connectivity index (χ1) is 12.4. The molecule has 0 aliphatic heterocycles. The number of aromatic amines is 1. The van der Waals surface area contributed by atoms with E-state index in [-0.39, 0.29) is 12.5 Å². The van der Waals surface area contributed by atoms with Crippen LogP contribution in [0, 0.1) is 13.8 Å². The van der Waals surface area contributed by atoms with Crippen molar-refractivity contribution >= 4 is 23.5 Å². The minimum Gasteiger partial charge on any atom is -0.462 e. The molecule has 0 radical (unpaired) electrons. The number of esters is 2. The molecule has 0 saturated heterocycles. The van der Waals surface area contributed by atoms with Crippen molar-refractivity contribution in [3.63, 3.8) is 0 Å². The van der Waals surface area contributed by atoms with Gasteiger partial charge in [0.1, 0.15) is 5.69 Å². The number of amides is 1.